The third kappa shape index (κ3) is 3.46. The van der Waals surface area contributed by atoms with E-state index < -0.39 is 10.1 Å². The number of hydrogen-bond acceptors (Lipinski definition) is 6. The highest BCUT2D eigenvalue weighted by Crippen LogP contribution is 2.34. The van der Waals surface area contributed by atoms with E-state index in [1.807, 2.05) is 0 Å². The fourth-order valence-electron chi connectivity index (χ4n) is 2.05. The van der Waals surface area contributed by atoms with Gasteiger partial charge in [-0.05, 0) is 30.7 Å². The van der Waals surface area contributed by atoms with Gasteiger partial charge in [-0.25, -0.2) is 4.98 Å². The molecule has 2 heterocycles. The molecule has 0 radical (unpaired) electrons. The first-order valence-electron chi connectivity index (χ1n) is 6.92. The minimum atomic E-state index is -3.71. The molecule has 0 saturated heterocycles. The summed E-state index contributed by atoms with van der Waals surface area (Å²) in [6.45, 7) is 1.76. The predicted molar refractivity (Wildman–Crippen MR) is 87.0 cm³/mol. The number of rotatable bonds is 5. The number of fused-ring (bicyclic) bond motifs is 1. The highest BCUT2D eigenvalue weighted by molar-refractivity contribution is 7.87. The molecule has 0 aliphatic heterocycles. The van der Waals surface area contributed by atoms with Crippen molar-refractivity contribution in [2.45, 2.75) is 13.3 Å². The van der Waals surface area contributed by atoms with Gasteiger partial charge in [0.25, 0.3) is 0 Å². The number of aromatic nitrogens is 2. The first kappa shape index (κ1) is 15.8. The van der Waals surface area contributed by atoms with Crippen molar-refractivity contribution in [2.24, 2.45) is 0 Å². The van der Waals surface area contributed by atoms with Crippen LogP contribution in [0.1, 0.15) is 13.3 Å². The van der Waals surface area contributed by atoms with E-state index >= 15 is 0 Å². The Hall–Kier alpha value is -2.12. The van der Waals surface area contributed by atoms with Crippen molar-refractivity contribution in [2.75, 3.05) is 5.75 Å². The summed E-state index contributed by atoms with van der Waals surface area (Å²) in [5.74, 6) is 0.211. The smallest absolute Gasteiger partial charge is 0.309 e. The maximum atomic E-state index is 11.9. The van der Waals surface area contributed by atoms with Crippen molar-refractivity contribution in [3.8, 4) is 17.2 Å². The van der Waals surface area contributed by atoms with Crippen molar-refractivity contribution < 1.29 is 17.0 Å². The molecule has 0 aliphatic carbocycles. The average molecular weight is 353 g/mol. The van der Waals surface area contributed by atoms with Crippen LogP contribution in [0.2, 0.25) is 5.02 Å². The van der Waals surface area contributed by atoms with E-state index in [0.717, 1.165) is 0 Å². The van der Waals surface area contributed by atoms with Crippen molar-refractivity contribution in [1.82, 2.24) is 9.97 Å². The summed E-state index contributed by atoms with van der Waals surface area (Å²) >= 11 is 5.95. The average Bonchev–Trinajstić information content (AvgIpc) is 2.90. The maximum Gasteiger partial charge on any atom is 0.309 e. The topological polar surface area (TPSA) is 82.3 Å². The molecule has 23 heavy (non-hydrogen) atoms. The Labute approximate surface area is 138 Å². The lowest BCUT2D eigenvalue weighted by Gasteiger charge is -2.09. The standard InChI is InChI=1S/C15H13ClN2O4S/c1-2-8-23(19,20)22-13-9-10(16)5-6-11(13)15-18-14-12(21-15)4-3-7-17-14/h3-7,9H,2,8H2,1H3. The van der Waals surface area contributed by atoms with Crippen LogP contribution in [0.5, 0.6) is 5.75 Å². The van der Waals surface area contributed by atoms with Crippen LogP contribution in [0.15, 0.2) is 40.9 Å². The number of pyridine rings is 1. The first-order chi connectivity index (χ1) is 11.0. The zero-order valence-corrected chi connectivity index (χ0v) is 13.8. The fraction of sp³-hybridized carbons (Fsp3) is 0.200. The van der Waals surface area contributed by atoms with Crippen LogP contribution in [-0.4, -0.2) is 24.1 Å². The molecule has 0 N–H and O–H groups in total. The lowest BCUT2D eigenvalue weighted by molar-refractivity contribution is 0.484. The normalized spacial score (nSPS) is 11.7. The number of oxazole rings is 1. The quantitative estimate of drug-likeness (QED) is 0.652. The minimum absolute atomic E-state index is 0.0810. The lowest BCUT2D eigenvalue weighted by Crippen LogP contribution is -2.13. The molecule has 0 bridgehead atoms. The van der Waals surface area contributed by atoms with Crippen molar-refractivity contribution in [3.05, 3.63) is 41.6 Å². The predicted octanol–water partition coefficient (Wildman–Crippen LogP) is 3.66. The van der Waals surface area contributed by atoms with Crippen LogP contribution in [0.25, 0.3) is 22.7 Å². The summed E-state index contributed by atoms with van der Waals surface area (Å²) in [5, 5.41) is 0.352. The van der Waals surface area contributed by atoms with Crippen molar-refractivity contribution in [3.63, 3.8) is 0 Å². The van der Waals surface area contributed by atoms with Gasteiger partial charge in [0.2, 0.25) is 5.89 Å². The summed E-state index contributed by atoms with van der Waals surface area (Å²) in [6.07, 6.45) is 2.05. The van der Waals surface area contributed by atoms with Gasteiger partial charge in [0, 0.05) is 17.3 Å². The lowest BCUT2D eigenvalue weighted by atomic mass is 10.2. The third-order valence-corrected chi connectivity index (χ3v) is 4.59. The molecule has 0 saturated carbocycles. The zero-order chi connectivity index (χ0) is 16.4. The number of benzene rings is 1. The summed E-state index contributed by atoms with van der Waals surface area (Å²) < 4.78 is 34.7. The van der Waals surface area contributed by atoms with Gasteiger partial charge in [-0.1, -0.05) is 18.5 Å². The molecule has 0 spiro atoms. The van der Waals surface area contributed by atoms with Crippen LogP contribution in [0.4, 0.5) is 0 Å². The van der Waals surface area contributed by atoms with E-state index in [1.54, 1.807) is 37.4 Å². The van der Waals surface area contributed by atoms with Crippen LogP contribution in [0.3, 0.4) is 0 Å². The highest BCUT2D eigenvalue weighted by atomic mass is 35.5. The number of hydrogen-bond donors (Lipinski definition) is 0. The summed E-state index contributed by atoms with van der Waals surface area (Å²) in [7, 11) is -3.71. The van der Waals surface area contributed by atoms with Crippen LogP contribution < -0.4 is 4.18 Å². The van der Waals surface area contributed by atoms with E-state index in [0.29, 0.717) is 28.2 Å². The van der Waals surface area contributed by atoms with Crippen LogP contribution in [-0.2, 0) is 10.1 Å². The molecule has 0 aliphatic rings. The molecular formula is C15H13ClN2O4S. The third-order valence-electron chi connectivity index (χ3n) is 3.01. The molecule has 0 fully saturated rings. The molecule has 8 heteroatoms. The molecule has 0 atom stereocenters. The number of nitrogens with zero attached hydrogens (tertiary/aromatic N) is 2. The number of halogens is 1. The monoisotopic (exact) mass is 352 g/mol. The Kier molecular flexibility index (Phi) is 4.23. The van der Waals surface area contributed by atoms with E-state index in [4.69, 9.17) is 20.2 Å². The Bertz CT molecular complexity index is 920. The molecule has 0 unspecified atom stereocenters. The molecule has 120 valence electrons. The Balaban J connectivity index is 2.08. The molecule has 6 nitrogen and oxygen atoms in total. The van der Waals surface area contributed by atoms with Crippen molar-refractivity contribution >= 4 is 32.9 Å². The van der Waals surface area contributed by atoms with Gasteiger partial charge >= 0.3 is 10.1 Å². The summed E-state index contributed by atoms with van der Waals surface area (Å²) in [5.41, 5.74) is 1.33. The van der Waals surface area contributed by atoms with Gasteiger partial charge in [-0.15, -0.1) is 0 Å². The maximum absolute atomic E-state index is 11.9. The van der Waals surface area contributed by atoms with E-state index in [1.165, 1.54) is 6.07 Å². The summed E-state index contributed by atoms with van der Waals surface area (Å²) in [4.78, 5) is 8.34. The zero-order valence-electron chi connectivity index (χ0n) is 12.2. The fourth-order valence-corrected chi connectivity index (χ4v) is 3.21. The largest absolute Gasteiger partial charge is 0.434 e. The van der Waals surface area contributed by atoms with E-state index in [9.17, 15) is 8.42 Å². The van der Waals surface area contributed by atoms with Gasteiger partial charge in [0.15, 0.2) is 17.0 Å². The minimum Gasteiger partial charge on any atom is -0.434 e. The molecular weight excluding hydrogens is 340 g/mol. The van der Waals surface area contributed by atoms with Gasteiger partial charge < -0.3 is 8.60 Å². The van der Waals surface area contributed by atoms with Gasteiger partial charge in [0.05, 0.1) is 11.3 Å². The van der Waals surface area contributed by atoms with E-state index in [2.05, 4.69) is 9.97 Å². The van der Waals surface area contributed by atoms with Gasteiger partial charge in [-0.3, -0.25) is 0 Å². The molecule has 2 aromatic heterocycles. The first-order valence-corrected chi connectivity index (χ1v) is 8.87. The Morgan fingerprint density at radius 3 is 2.87 bits per heavy atom. The van der Waals surface area contributed by atoms with E-state index in [-0.39, 0.29) is 17.4 Å². The van der Waals surface area contributed by atoms with Gasteiger partial charge in [0.1, 0.15) is 0 Å². The molecule has 0 amide bonds. The van der Waals surface area contributed by atoms with Crippen molar-refractivity contribution in [1.29, 1.82) is 0 Å². The second-order valence-corrected chi connectivity index (χ2v) is 6.96. The highest BCUT2D eigenvalue weighted by Gasteiger charge is 2.19. The van der Waals surface area contributed by atoms with Crippen LogP contribution in [0, 0.1) is 0 Å². The summed E-state index contributed by atoms with van der Waals surface area (Å²) in [6, 6.07) is 8.08. The second-order valence-electron chi connectivity index (χ2n) is 4.83. The Morgan fingerprint density at radius 2 is 2.13 bits per heavy atom. The van der Waals surface area contributed by atoms with Gasteiger partial charge in [-0.2, -0.15) is 13.4 Å². The second kappa shape index (κ2) is 6.17. The molecule has 3 aromatic rings. The Morgan fingerprint density at radius 1 is 1.30 bits per heavy atom. The van der Waals surface area contributed by atoms with Crippen LogP contribution >= 0.6 is 11.6 Å². The molecule has 3 rings (SSSR count). The SMILES string of the molecule is CCCS(=O)(=O)Oc1cc(Cl)ccc1-c1nc2ncccc2o1. The molecule has 1 aromatic carbocycles.